The molecule has 96 valence electrons. The zero-order valence-electron chi connectivity index (χ0n) is 9.72. The van der Waals surface area contributed by atoms with Crippen molar-refractivity contribution in [1.82, 2.24) is 0 Å². The molecule has 6 heteroatoms. The Morgan fingerprint density at radius 1 is 1.11 bits per heavy atom. The maximum Gasteiger partial charge on any atom is 0.338 e. The Labute approximate surface area is 104 Å². The van der Waals surface area contributed by atoms with E-state index in [-0.39, 0.29) is 18.8 Å². The maximum atomic E-state index is 11.6. The van der Waals surface area contributed by atoms with Gasteiger partial charge in [-0.15, -0.1) is 0 Å². The number of nitrogen functional groups attached to an aromatic ring is 2. The van der Waals surface area contributed by atoms with Crippen molar-refractivity contribution < 1.29 is 19.1 Å². The number of hydrogen-bond donors (Lipinski definition) is 2. The molecule has 1 aromatic rings. The summed E-state index contributed by atoms with van der Waals surface area (Å²) in [7, 11) is 0. The number of hydrogen-bond acceptors (Lipinski definition) is 6. The highest BCUT2D eigenvalue weighted by Gasteiger charge is 2.08. The lowest BCUT2D eigenvalue weighted by Crippen LogP contribution is -2.13. The van der Waals surface area contributed by atoms with Crippen LogP contribution in [0.2, 0.25) is 0 Å². The Bertz CT molecular complexity index is 451. The number of esters is 2. The predicted octanol–water partition coefficient (Wildman–Crippen LogP) is 0.737. The smallest absolute Gasteiger partial charge is 0.338 e. The highest BCUT2D eigenvalue weighted by Crippen LogP contribution is 2.14. The summed E-state index contributed by atoms with van der Waals surface area (Å²) in [6.45, 7) is 3.15. The second-order valence-electron chi connectivity index (χ2n) is 3.40. The van der Waals surface area contributed by atoms with Gasteiger partial charge in [-0.1, -0.05) is 6.58 Å². The Balaban J connectivity index is 2.45. The average Bonchev–Trinajstić information content (AvgIpc) is 2.32. The minimum Gasteiger partial charge on any atom is -0.459 e. The van der Waals surface area contributed by atoms with E-state index in [4.69, 9.17) is 16.2 Å². The third kappa shape index (κ3) is 4.17. The molecule has 4 N–H and O–H groups in total. The molecular weight excluding hydrogens is 236 g/mol. The zero-order valence-corrected chi connectivity index (χ0v) is 9.72. The van der Waals surface area contributed by atoms with E-state index in [1.165, 1.54) is 18.2 Å². The van der Waals surface area contributed by atoms with Crippen molar-refractivity contribution in [3.63, 3.8) is 0 Å². The van der Waals surface area contributed by atoms with Gasteiger partial charge in [0.1, 0.15) is 13.2 Å². The Kier molecular flexibility index (Phi) is 4.74. The topological polar surface area (TPSA) is 105 Å². The van der Waals surface area contributed by atoms with Crippen molar-refractivity contribution in [3.8, 4) is 0 Å². The van der Waals surface area contributed by atoms with Crippen LogP contribution in [0.5, 0.6) is 0 Å². The van der Waals surface area contributed by atoms with Crippen LogP contribution in [0.1, 0.15) is 10.4 Å². The Morgan fingerprint density at radius 3 is 2.22 bits per heavy atom. The molecule has 0 atom stereocenters. The molecule has 0 amide bonds. The summed E-state index contributed by atoms with van der Waals surface area (Å²) in [5.74, 6) is -1.15. The third-order valence-corrected chi connectivity index (χ3v) is 1.94. The molecule has 6 nitrogen and oxygen atoms in total. The lowest BCUT2D eigenvalue weighted by atomic mass is 10.2. The van der Waals surface area contributed by atoms with Crippen LogP contribution in [0.15, 0.2) is 30.9 Å². The zero-order chi connectivity index (χ0) is 13.5. The van der Waals surface area contributed by atoms with Gasteiger partial charge in [-0.25, -0.2) is 9.59 Å². The standard InChI is InChI=1S/C12H14N2O4/c1-2-11(15)17-3-4-18-12(16)8-5-9(13)7-10(14)6-8/h2,5-7H,1,3-4,13-14H2. The predicted molar refractivity (Wildman–Crippen MR) is 66.7 cm³/mol. The molecule has 0 spiro atoms. The fourth-order valence-corrected chi connectivity index (χ4v) is 1.21. The second kappa shape index (κ2) is 6.29. The maximum absolute atomic E-state index is 11.6. The molecule has 0 saturated heterocycles. The summed E-state index contributed by atoms with van der Waals surface area (Å²) in [6, 6.07) is 4.44. The van der Waals surface area contributed by atoms with Crippen molar-refractivity contribution in [2.45, 2.75) is 0 Å². The van der Waals surface area contributed by atoms with Crippen LogP contribution >= 0.6 is 0 Å². The number of nitrogens with two attached hydrogens (primary N) is 2. The normalized spacial score (nSPS) is 9.56. The van der Waals surface area contributed by atoms with Gasteiger partial charge in [-0.05, 0) is 18.2 Å². The van der Waals surface area contributed by atoms with E-state index < -0.39 is 11.9 Å². The number of carbonyl (C=O) groups excluding carboxylic acids is 2. The average molecular weight is 250 g/mol. The number of benzene rings is 1. The lowest BCUT2D eigenvalue weighted by molar-refractivity contribution is -0.138. The van der Waals surface area contributed by atoms with Gasteiger partial charge in [0.25, 0.3) is 0 Å². The van der Waals surface area contributed by atoms with Gasteiger partial charge in [0.05, 0.1) is 5.56 Å². The van der Waals surface area contributed by atoms with Gasteiger partial charge < -0.3 is 20.9 Å². The molecule has 0 unspecified atom stereocenters. The van der Waals surface area contributed by atoms with E-state index in [0.29, 0.717) is 11.4 Å². The van der Waals surface area contributed by atoms with Gasteiger partial charge in [0.2, 0.25) is 0 Å². The van der Waals surface area contributed by atoms with Gasteiger partial charge >= 0.3 is 11.9 Å². The number of rotatable bonds is 5. The van der Waals surface area contributed by atoms with Crippen molar-refractivity contribution in [3.05, 3.63) is 36.4 Å². The van der Waals surface area contributed by atoms with Crippen molar-refractivity contribution >= 4 is 23.3 Å². The fourth-order valence-electron chi connectivity index (χ4n) is 1.21. The van der Waals surface area contributed by atoms with Gasteiger partial charge in [-0.2, -0.15) is 0 Å². The number of anilines is 2. The first-order chi connectivity index (χ1) is 8.52. The molecule has 0 saturated carbocycles. The van der Waals surface area contributed by atoms with E-state index in [0.717, 1.165) is 6.08 Å². The summed E-state index contributed by atoms with van der Waals surface area (Å²) in [5.41, 5.74) is 12.1. The molecule has 0 bridgehead atoms. The van der Waals surface area contributed by atoms with Crippen molar-refractivity contribution in [2.24, 2.45) is 0 Å². The minimum atomic E-state index is -0.580. The monoisotopic (exact) mass is 250 g/mol. The Hall–Kier alpha value is -2.50. The number of ether oxygens (including phenoxy) is 2. The van der Waals surface area contributed by atoms with Crippen LogP contribution in [0.4, 0.5) is 11.4 Å². The molecule has 18 heavy (non-hydrogen) atoms. The SMILES string of the molecule is C=CC(=O)OCCOC(=O)c1cc(N)cc(N)c1. The first-order valence-corrected chi connectivity index (χ1v) is 5.15. The summed E-state index contributed by atoms with van der Waals surface area (Å²) >= 11 is 0. The molecular formula is C12H14N2O4. The van der Waals surface area contributed by atoms with Crippen LogP contribution in [0, 0.1) is 0 Å². The van der Waals surface area contributed by atoms with Gasteiger partial charge in [-0.3, -0.25) is 0 Å². The lowest BCUT2D eigenvalue weighted by Gasteiger charge is -2.06. The quantitative estimate of drug-likeness (QED) is 0.345. The molecule has 0 aromatic heterocycles. The van der Waals surface area contributed by atoms with Crippen molar-refractivity contribution in [1.29, 1.82) is 0 Å². The van der Waals surface area contributed by atoms with Crippen LogP contribution in [0.3, 0.4) is 0 Å². The first kappa shape index (κ1) is 13.6. The third-order valence-electron chi connectivity index (χ3n) is 1.94. The molecule has 0 aliphatic rings. The first-order valence-electron chi connectivity index (χ1n) is 5.15. The molecule has 1 aromatic carbocycles. The second-order valence-corrected chi connectivity index (χ2v) is 3.40. The summed E-state index contributed by atoms with van der Waals surface area (Å²) in [6.07, 6.45) is 1.03. The molecule has 0 radical (unpaired) electrons. The van der Waals surface area contributed by atoms with Gasteiger partial charge in [0.15, 0.2) is 0 Å². The van der Waals surface area contributed by atoms with Crippen molar-refractivity contribution in [2.75, 3.05) is 24.7 Å². The molecule has 0 aliphatic heterocycles. The van der Waals surface area contributed by atoms with E-state index in [1.807, 2.05) is 0 Å². The van der Waals surface area contributed by atoms with Crippen LogP contribution < -0.4 is 11.5 Å². The minimum absolute atomic E-state index is 0.0333. The summed E-state index contributed by atoms with van der Waals surface area (Å²) in [5, 5.41) is 0. The van der Waals surface area contributed by atoms with Crippen LogP contribution in [-0.2, 0) is 14.3 Å². The highest BCUT2D eigenvalue weighted by molar-refractivity contribution is 5.91. The molecule has 0 heterocycles. The van der Waals surface area contributed by atoms with E-state index >= 15 is 0 Å². The fraction of sp³-hybridized carbons (Fsp3) is 0.167. The van der Waals surface area contributed by atoms with E-state index in [9.17, 15) is 9.59 Å². The van der Waals surface area contributed by atoms with E-state index in [2.05, 4.69) is 11.3 Å². The highest BCUT2D eigenvalue weighted by atomic mass is 16.6. The van der Waals surface area contributed by atoms with Crippen LogP contribution in [-0.4, -0.2) is 25.2 Å². The van der Waals surface area contributed by atoms with E-state index in [1.54, 1.807) is 0 Å². The number of carbonyl (C=O) groups is 2. The largest absolute Gasteiger partial charge is 0.459 e. The summed E-state index contributed by atoms with van der Waals surface area (Å²) in [4.78, 5) is 22.3. The molecule has 1 rings (SSSR count). The van der Waals surface area contributed by atoms with Crippen LogP contribution in [0.25, 0.3) is 0 Å². The molecule has 0 fully saturated rings. The Morgan fingerprint density at radius 2 is 1.67 bits per heavy atom. The molecule has 0 aliphatic carbocycles. The van der Waals surface area contributed by atoms with Gasteiger partial charge in [0, 0.05) is 17.5 Å². The summed E-state index contributed by atoms with van der Waals surface area (Å²) < 4.78 is 9.51.